The van der Waals surface area contributed by atoms with E-state index in [9.17, 15) is 0 Å². The average Bonchev–Trinajstić information content (AvgIpc) is 3.15. The molecule has 0 radical (unpaired) electrons. The molecule has 1 heterocycles. The van der Waals surface area contributed by atoms with Crippen molar-refractivity contribution in [3.05, 3.63) is 47.5 Å². The molecular weight excluding hydrogens is 364 g/mol. The Kier molecular flexibility index (Phi) is 9.64. The maximum atomic E-state index is 5.14. The number of guanidine groups is 1. The van der Waals surface area contributed by atoms with Crippen molar-refractivity contribution in [1.82, 2.24) is 25.4 Å². The van der Waals surface area contributed by atoms with Crippen molar-refractivity contribution in [2.24, 2.45) is 10.9 Å². The molecule has 0 aliphatic carbocycles. The van der Waals surface area contributed by atoms with E-state index in [-0.39, 0.29) is 6.04 Å². The lowest BCUT2D eigenvalue weighted by molar-refractivity contribution is 0.208. The number of aryl methyl sites for hydroxylation is 1. The lowest BCUT2D eigenvalue weighted by Crippen LogP contribution is -2.40. The third-order valence-corrected chi connectivity index (χ3v) is 4.70. The molecule has 1 aromatic carbocycles. The highest BCUT2D eigenvalue weighted by Gasteiger charge is 2.09. The van der Waals surface area contributed by atoms with Crippen molar-refractivity contribution in [2.75, 3.05) is 26.8 Å². The molecule has 1 aromatic heterocycles. The van der Waals surface area contributed by atoms with Crippen molar-refractivity contribution < 1.29 is 4.74 Å². The Morgan fingerprint density at radius 3 is 2.62 bits per heavy atom. The van der Waals surface area contributed by atoms with Crippen LogP contribution in [0.25, 0.3) is 0 Å². The van der Waals surface area contributed by atoms with Crippen molar-refractivity contribution in [2.45, 2.75) is 53.1 Å². The molecule has 0 saturated heterocycles. The van der Waals surface area contributed by atoms with Gasteiger partial charge in [0.25, 0.3) is 0 Å². The van der Waals surface area contributed by atoms with E-state index < -0.39 is 0 Å². The molecular formula is C22H36N6O. The lowest BCUT2D eigenvalue weighted by Gasteiger charge is -2.19. The number of hydrogen-bond acceptors (Lipinski definition) is 4. The van der Waals surface area contributed by atoms with E-state index in [1.807, 2.05) is 0 Å². The summed E-state index contributed by atoms with van der Waals surface area (Å²) in [5.41, 5.74) is 2.62. The van der Waals surface area contributed by atoms with Gasteiger partial charge in [0.2, 0.25) is 0 Å². The summed E-state index contributed by atoms with van der Waals surface area (Å²) in [4.78, 5) is 4.63. The van der Waals surface area contributed by atoms with E-state index in [1.54, 1.807) is 13.4 Å². The van der Waals surface area contributed by atoms with Crippen LogP contribution in [0.2, 0.25) is 0 Å². The van der Waals surface area contributed by atoms with Crippen LogP contribution >= 0.6 is 0 Å². The molecule has 7 nitrogen and oxygen atoms in total. The lowest BCUT2D eigenvalue weighted by atomic mass is 10.00. The molecule has 0 fully saturated rings. The standard InChI is InChI=1S/C22H36N6O/c1-6-21-27-25-16-28(21)13-11-23-22(24-12-14-29-5)26-18(4)20-9-7-19(8-10-20)15-17(2)3/h7-10,16-18H,6,11-15H2,1-5H3,(H2,23,24,26). The minimum atomic E-state index is 0.151. The number of aromatic nitrogens is 3. The first-order chi connectivity index (χ1) is 14.0. The Morgan fingerprint density at radius 2 is 1.97 bits per heavy atom. The summed E-state index contributed by atoms with van der Waals surface area (Å²) in [7, 11) is 1.69. The second kappa shape index (κ2) is 12.2. The molecule has 1 unspecified atom stereocenters. The van der Waals surface area contributed by atoms with E-state index in [0.29, 0.717) is 19.1 Å². The van der Waals surface area contributed by atoms with Crippen LogP contribution < -0.4 is 10.6 Å². The SMILES string of the molecule is CCc1nncn1CCNC(=NCCOC)NC(C)c1ccc(CC(C)C)cc1. The van der Waals surface area contributed by atoms with Crippen LogP contribution in [0.4, 0.5) is 0 Å². The zero-order chi connectivity index (χ0) is 21.1. The van der Waals surface area contributed by atoms with Crippen LogP contribution in [0.5, 0.6) is 0 Å². The highest BCUT2D eigenvalue weighted by Crippen LogP contribution is 2.15. The van der Waals surface area contributed by atoms with Gasteiger partial charge in [-0.15, -0.1) is 10.2 Å². The predicted molar refractivity (Wildman–Crippen MR) is 118 cm³/mol. The zero-order valence-electron chi connectivity index (χ0n) is 18.5. The minimum Gasteiger partial charge on any atom is -0.383 e. The number of aliphatic imine (C=N–C) groups is 1. The molecule has 0 saturated carbocycles. The van der Waals surface area contributed by atoms with E-state index in [0.717, 1.165) is 37.7 Å². The topological polar surface area (TPSA) is 76.4 Å². The summed E-state index contributed by atoms with van der Waals surface area (Å²) in [6.07, 6.45) is 3.75. The minimum absolute atomic E-state index is 0.151. The number of hydrogen-bond donors (Lipinski definition) is 2. The normalized spacial score (nSPS) is 13.0. The number of ether oxygens (including phenoxy) is 1. The first-order valence-electron chi connectivity index (χ1n) is 10.5. The second-order valence-corrected chi connectivity index (χ2v) is 7.65. The molecule has 2 rings (SSSR count). The van der Waals surface area contributed by atoms with Crippen LogP contribution in [-0.4, -0.2) is 47.5 Å². The average molecular weight is 401 g/mol. The molecule has 0 aliphatic heterocycles. The zero-order valence-corrected chi connectivity index (χ0v) is 18.5. The number of methoxy groups -OCH3 is 1. The maximum Gasteiger partial charge on any atom is 0.191 e. The maximum absolute atomic E-state index is 5.14. The molecule has 7 heteroatoms. The molecule has 2 N–H and O–H groups in total. The van der Waals surface area contributed by atoms with Gasteiger partial charge < -0.3 is 19.9 Å². The summed E-state index contributed by atoms with van der Waals surface area (Å²) in [5, 5.41) is 15.0. The highest BCUT2D eigenvalue weighted by molar-refractivity contribution is 5.80. The molecule has 1 atom stereocenters. The van der Waals surface area contributed by atoms with Crippen LogP contribution in [0.1, 0.15) is 50.7 Å². The summed E-state index contributed by atoms with van der Waals surface area (Å²) in [6, 6.07) is 9.00. The summed E-state index contributed by atoms with van der Waals surface area (Å²) < 4.78 is 7.20. The monoisotopic (exact) mass is 400 g/mol. The number of rotatable bonds is 11. The summed E-state index contributed by atoms with van der Waals surface area (Å²) in [6.45, 7) is 11.5. The fourth-order valence-electron chi connectivity index (χ4n) is 3.14. The number of nitrogens with one attached hydrogen (secondary N) is 2. The van der Waals surface area contributed by atoms with E-state index in [4.69, 9.17) is 4.74 Å². The molecule has 0 spiro atoms. The van der Waals surface area contributed by atoms with Gasteiger partial charge in [-0.05, 0) is 30.4 Å². The van der Waals surface area contributed by atoms with Crippen molar-refractivity contribution in [3.8, 4) is 0 Å². The Morgan fingerprint density at radius 1 is 1.21 bits per heavy atom. The Balaban J connectivity index is 1.95. The van der Waals surface area contributed by atoms with Gasteiger partial charge in [-0.1, -0.05) is 45.0 Å². The fourth-order valence-corrected chi connectivity index (χ4v) is 3.14. The Labute approximate surface area is 175 Å². The first-order valence-corrected chi connectivity index (χ1v) is 10.5. The van der Waals surface area contributed by atoms with Gasteiger partial charge in [-0.3, -0.25) is 4.99 Å². The van der Waals surface area contributed by atoms with Gasteiger partial charge in [0.15, 0.2) is 5.96 Å². The third kappa shape index (κ3) is 7.85. The van der Waals surface area contributed by atoms with E-state index in [2.05, 4.69) is 82.4 Å². The van der Waals surface area contributed by atoms with Gasteiger partial charge >= 0.3 is 0 Å². The van der Waals surface area contributed by atoms with Crippen molar-refractivity contribution in [1.29, 1.82) is 0 Å². The molecule has 0 amide bonds. The van der Waals surface area contributed by atoms with E-state index in [1.165, 1.54) is 11.1 Å². The largest absolute Gasteiger partial charge is 0.383 e. The van der Waals surface area contributed by atoms with Crippen molar-refractivity contribution in [3.63, 3.8) is 0 Å². The molecule has 0 bridgehead atoms. The van der Waals surface area contributed by atoms with Gasteiger partial charge in [-0.2, -0.15) is 0 Å². The van der Waals surface area contributed by atoms with Crippen molar-refractivity contribution >= 4 is 5.96 Å². The molecule has 160 valence electrons. The second-order valence-electron chi connectivity index (χ2n) is 7.65. The predicted octanol–water partition coefficient (Wildman–Crippen LogP) is 2.98. The summed E-state index contributed by atoms with van der Waals surface area (Å²) in [5.74, 6) is 2.44. The third-order valence-electron chi connectivity index (χ3n) is 4.70. The fraction of sp³-hybridized carbons (Fsp3) is 0.591. The highest BCUT2D eigenvalue weighted by atomic mass is 16.5. The van der Waals surface area contributed by atoms with Crippen LogP contribution in [0, 0.1) is 5.92 Å². The Hall–Kier alpha value is -2.41. The van der Waals surface area contributed by atoms with Gasteiger partial charge in [0.1, 0.15) is 12.2 Å². The van der Waals surface area contributed by atoms with Crippen LogP contribution in [0.15, 0.2) is 35.6 Å². The molecule has 0 aliphatic rings. The summed E-state index contributed by atoms with van der Waals surface area (Å²) >= 11 is 0. The number of benzene rings is 1. The quantitative estimate of drug-likeness (QED) is 0.344. The Bertz CT molecular complexity index is 738. The first kappa shape index (κ1) is 22.9. The van der Waals surface area contributed by atoms with E-state index >= 15 is 0 Å². The van der Waals surface area contributed by atoms with Crippen LogP contribution in [0.3, 0.4) is 0 Å². The number of nitrogens with zero attached hydrogens (tertiary/aromatic N) is 4. The van der Waals surface area contributed by atoms with Gasteiger partial charge in [0, 0.05) is 26.6 Å². The van der Waals surface area contributed by atoms with Gasteiger partial charge in [0.05, 0.1) is 19.2 Å². The van der Waals surface area contributed by atoms with Gasteiger partial charge in [-0.25, -0.2) is 0 Å². The van der Waals surface area contributed by atoms with Crippen LogP contribution in [-0.2, 0) is 24.1 Å². The molecule has 2 aromatic rings. The smallest absolute Gasteiger partial charge is 0.191 e. The molecule has 29 heavy (non-hydrogen) atoms.